The average molecular weight is 323 g/mol. The Hall–Kier alpha value is -3.10. The van der Waals surface area contributed by atoms with Crippen molar-refractivity contribution in [3.05, 3.63) is 35.9 Å². The number of nitrogens with one attached hydrogen (secondary N) is 2. The van der Waals surface area contributed by atoms with Crippen LogP contribution in [0, 0.1) is 0 Å². The first-order chi connectivity index (χ1) is 10.9. The Labute approximate surface area is 131 Å². The average Bonchev–Trinajstić information content (AvgIpc) is 2.50. The van der Waals surface area contributed by atoms with Crippen molar-refractivity contribution in [2.75, 3.05) is 6.54 Å². The smallest absolute Gasteiger partial charge is 0.407 e. The van der Waals surface area contributed by atoms with Crippen molar-refractivity contribution in [3.63, 3.8) is 0 Å². The van der Waals surface area contributed by atoms with Crippen LogP contribution in [-0.2, 0) is 25.7 Å². The molecule has 0 unspecified atom stereocenters. The van der Waals surface area contributed by atoms with E-state index in [0.29, 0.717) is 0 Å². The van der Waals surface area contributed by atoms with E-state index in [1.54, 1.807) is 24.3 Å². The Morgan fingerprint density at radius 1 is 1.17 bits per heavy atom. The van der Waals surface area contributed by atoms with Gasteiger partial charge in [0.25, 0.3) is 0 Å². The minimum Gasteiger partial charge on any atom is -0.481 e. The standard InChI is InChI=1S/C14H17N3O6/c15-13(21)10(6-12(19)20)17-11(18)7-16-14(22)23-8-9-4-2-1-3-5-9/h1-5,10H,6-8H2,(H2,15,21)(H,16,22)(H,17,18)(H,19,20)/t10-/m1/s1. The van der Waals surface area contributed by atoms with E-state index < -0.39 is 42.9 Å². The third-order valence-electron chi connectivity index (χ3n) is 2.66. The van der Waals surface area contributed by atoms with Crippen LogP contribution >= 0.6 is 0 Å². The maximum absolute atomic E-state index is 11.5. The van der Waals surface area contributed by atoms with Crippen LogP contribution in [0.2, 0.25) is 0 Å². The van der Waals surface area contributed by atoms with Crippen LogP contribution in [0.1, 0.15) is 12.0 Å². The van der Waals surface area contributed by atoms with Gasteiger partial charge in [-0.2, -0.15) is 0 Å². The SMILES string of the molecule is NC(=O)[C@@H](CC(=O)O)NC(=O)CNC(=O)OCc1ccccc1. The van der Waals surface area contributed by atoms with Gasteiger partial charge in [0.05, 0.1) is 6.42 Å². The van der Waals surface area contributed by atoms with Crippen molar-refractivity contribution in [2.24, 2.45) is 5.73 Å². The summed E-state index contributed by atoms with van der Waals surface area (Å²) in [7, 11) is 0. The van der Waals surface area contributed by atoms with E-state index in [-0.39, 0.29) is 6.61 Å². The van der Waals surface area contributed by atoms with Gasteiger partial charge in [-0.05, 0) is 5.56 Å². The summed E-state index contributed by atoms with van der Waals surface area (Å²) in [6, 6.07) is 7.59. The fraction of sp³-hybridized carbons (Fsp3) is 0.286. The molecule has 3 amide bonds. The van der Waals surface area contributed by atoms with Crippen LogP contribution in [0.15, 0.2) is 30.3 Å². The number of carbonyl (C=O) groups excluding carboxylic acids is 3. The Morgan fingerprint density at radius 2 is 1.83 bits per heavy atom. The number of rotatable bonds is 8. The largest absolute Gasteiger partial charge is 0.481 e. The van der Waals surface area contributed by atoms with Crippen molar-refractivity contribution in [2.45, 2.75) is 19.1 Å². The lowest BCUT2D eigenvalue weighted by atomic mass is 10.2. The first-order valence-electron chi connectivity index (χ1n) is 6.63. The zero-order chi connectivity index (χ0) is 17.2. The van der Waals surface area contributed by atoms with E-state index >= 15 is 0 Å². The Morgan fingerprint density at radius 3 is 2.39 bits per heavy atom. The summed E-state index contributed by atoms with van der Waals surface area (Å²) in [4.78, 5) is 44.5. The number of hydrogen-bond donors (Lipinski definition) is 4. The van der Waals surface area contributed by atoms with E-state index in [1.165, 1.54) is 0 Å². The molecule has 5 N–H and O–H groups in total. The molecule has 0 aromatic heterocycles. The van der Waals surface area contributed by atoms with Crippen LogP contribution in [0.25, 0.3) is 0 Å². The summed E-state index contributed by atoms with van der Waals surface area (Å²) in [5.74, 6) is -3.02. The van der Waals surface area contributed by atoms with Gasteiger partial charge >= 0.3 is 12.1 Å². The van der Waals surface area contributed by atoms with Gasteiger partial charge in [0.1, 0.15) is 19.2 Å². The molecule has 124 valence electrons. The summed E-state index contributed by atoms with van der Waals surface area (Å²) in [5, 5.41) is 12.9. The molecule has 0 saturated carbocycles. The van der Waals surface area contributed by atoms with Gasteiger partial charge in [-0.15, -0.1) is 0 Å². The third kappa shape index (κ3) is 7.46. The highest BCUT2D eigenvalue weighted by Gasteiger charge is 2.21. The molecule has 9 heteroatoms. The van der Waals surface area contributed by atoms with Crippen molar-refractivity contribution >= 4 is 23.9 Å². The van der Waals surface area contributed by atoms with Gasteiger partial charge in [-0.3, -0.25) is 14.4 Å². The monoisotopic (exact) mass is 323 g/mol. The summed E-state index contributed by atoms with van der Waals surface area (Å²) >= 11 is 0. The van der Waals surface area contributed by atoms with Crippen molar-refractivity contribution < 1.29 is 29.0 Å². The molecular formula is C14H17N3O6. The molecule has 9 nitrogen and oxygen atoms in total. The Bertz CT molecular complexity index is 575. The Balaban J connectivity index is 2.32. The summed E-state index contributed by atoms with van der Waals surface area (Å²) in [6.45, 7) is -0.436. The molecule has 1 aromatic carbocycles. The molecule has 0 spiro atoms. The fourth-order valence-corrected chi connectivity index (χ4v) is 1.57. The predicted molar refractivity (Wildman–Crippen MR) is 78.0 cm³/mol. The Kier molecular flexibility index (Phi) is 7.05. The van der Waals surface area contributed by atoms with Gasteiger partial charge in [0, 0.05) is 0 Å². The van der Waals surface area contributed by atoms with E-state index in [0.717, 1.165) is 5.56 Å². The van der Waals surface area contributed by atoms with Gasteiger partial charge in [-0.1, -0.05) is 30.3 Å². The summed E-state index contributed by atoms with van der Waals surface area (Å²) < 4.78 is 4.88. The van der Waals surface area contributed by atoms with E-state index in [4.69, 9.17) is 15.6 Å². The molecule has 0 aliphatic rings. The molecule has 0 radical (unpaired) electrons. The number of carboxylic acids is 1. The zero-order valence-electron chi connectivity index (χ0n) is 12.2. The normalized spacial score (nSPS) is 11.1. The number of carboxylic acid groups (broad SMARTS) is 1. The second-order valence-corrected chi connectivity index (χ2v) is 4.54. The number of primary amides is 1. The fourth-order valence-electron chi connectivity index (χ4n) is 1.57. The minimum atomic E-state index is -1.35. The molecule has 0 fully saturated rings. The molecule has 1 aromatic rings. The van der Waals surface area contributed by atoms with E-state index in [9.17, 15) is 19.2 Å². The predicted octanol–water partition coefficient (Wildman–Crippen LogP) is -0.642. The first-order valence-corrected chi connectivity index (χ1v) is 6.63. The molecule has 0 aliphatic carbocycles. The quantitative estimate of drug-likeness (QED) is 0.500. The molecule has 0 bridgehead atoms. The van der Waals surface area contributed by atoms with Gasteiger partial charge in [0.15, 0.2) is 0 Å². The second-order valence-electron chi connectivity index (χ2n) is 4.54. The van der Waals surface area contributed by atoms with Crippen LogP contribution in [0.4, 0.5) is 4.79 Å². The van der Waals surface area contributed by atoms with Crippen LogP contribution in [0.3, 0.4) is 0 Å². The molecule has 0 saturated heterocycles. The van der Waals surface area contributed by atoms with E-state index in [2.05, 4.69) is 10.6 Å². The number of hydrogen-bond acceptors (Lipinski definition) is 5. The molecular weight excluding hydrogens is 306 g/mol. The molecule has 0 aliphatic heterocycles. The number of carbonyl (C=O) groups is 4. The molecule has 0 heterocycles. The number of alkyl carbamates (subject to hydrolysis) is 1. The van der Waals surface area contributed by atoms with E-state index in [1.807, 2.05) is 6.07 Å². The number of nitrogens with two attached hydrogens (primary N) is 1. The minimum absolute atomic E-state index is 0.0389. The third-order valence-corrected chi connectivity index (χ3v) is 2.66. The lowest BCUT2D eigenvalue weighted by Gasteiger charge is -2.13. The number of benzene rings is 1. The highest BCUT2D eigenvalue weighted by molar-refractivity contribution is 5.91. The van der Waals surface area contributed by atoms with Gasteiger partial charge < -0.3 is 26.2 Å². The van der Waals surface area contributed by atoms with Gasteiger partial charge in [0.2, 0.25) is 11.8 Å². The lowest BCUT2D eigenvalue weighted by Crippen LogP contribution is -2.48. The summed E-state index contributed by atoms with van der Waals surface area (Å²) in [6.07, 6.45) is -1.46. The van der Waals surface area contributed by atoms with Crippen LogP contribution < -0.4 is 16.4 Å². The number of amides is 3. The summed E-state index contributed by atoms with van der Waals surface area (Å²) in [5.41, 5.74) is 5.75. The van der Waals surface area contributed by atoms with Gasteiger partial charge in [-0.25, -0.2) is 4.79 Å². The highest BCUT2D eigenvalue weighted by atomic mass is 16.5. The van der Waals surface area contributed by atoms with Crippen molar-refractivity contribution in [3.8, 4) is 0 Å². The van der Waals surface area contributed by atoms with Crippen LogP contribution in [-0.4, -0.2) is 41.6 Å². The zero-order valence-corrected chi connectivity index (χ0v) is 12.2. The molecule has 23 heavy (non-hydrogen) atoms. The lowest BCUT2D eigenvalue weighted by molar-refractivity contribution is -0.140. The first kappa shape index (κ1) is 18.0. The molecule has 1 atom stereocenters. The maximum Gasteiger partial charge on any atom is 0.407 e. The van der Waals surface area contributed by atoms with Crippen molar-refractivity contribution in [1.82, 2.24) is 10.6 Å². The molecule has 1 rings (SSSR count). The number of ether oxygens (including phenoxy) is 1. The van der Waals surface area contributed by atoms with Crippen molar-refractivity contribution in [1.29, 1.82) is 0 Å². The number of aliphatic carboxylic acids is 1. The maximum atomic E-state index is 11.5. The topological polar surface area (TPSA) is 148 Å². The second kappa shape index (κ2) is 9.03. The highest BCUT2D eigenvalue weighted by Crippen LogP contribution is 2.00. The van der Waals surface area contributed by atoms with Crippen LogP contribution in [0.5, 0.6) is 0 Å².